The highest BCUT2D eigenvalue weighted by Crippen LogP contribution is 2.47. The van der Waals surface area contributed by atoms with Crippen LogP contribution in [-0.2, 0) is 11.2 Å². The van der Waals surface area contributed by atoms with Gasteiger partial charge in [-0.3, -0.25) is 18.9 Å². The van der Waals surface area contributed by atoms with Crippen LogP contribution in [0.15, 0.2) is 35.4 Å². The van der Waals surface area contributed by atoms with Crippen molar-refractivity contribution in [2.24, 2.45) is 0 Å². The molecule has 1 unspecified atom stereocenters. The molecule has 32 heavy (non-hydrogen) atoms. The minimum absolute atomic E-state index is 0.0595. The molecule has 4 aromatic rings. The molecule has 2 aliphatic heterocycles. The summed E-state index contributed by atoms with van der Waals surface area (Å²) in [6.07, 6.45) is 6.22. The van der Waals surface area contributed by atoms with Crippen molar-refractivity contribution in [1.29, 1.82) is 0 Å². The summed E-state index contributed by atoms with van der Waals surface area (Å²) in [5.41, 5.74) is 5.66. The molecular weight excluding hydrogens is 406 g/mol. The molecule has 0 saturated heterocycles. The second-order valence-corrected chi connectivity index (χ2v) is 9.16. The number of anilines is 1. The van der Waals surface area contributed by atoms with Crippen LogP contribution in [0.2, 0.25) is 0 Å². The Balaban J connectivity index is 1.43. The SMILES string of the molecule is COC1CC(c2ncc3c(=O)[nH]c4cc5c(cc4n23)C2Cc3cc(C)cnc3N2C5=O)C1. The lowest BCUT2D eigenvalue weighted by Gasteiger charge is -2.33. The maximum absolute atomic E-state index is 13.3. The minimum Gasteiger partial charge on any atom is -0.381 e. The Labute approximate surface area is 182 Å². The second-order valence-electron chi connectivity index (χ2n) is 9.16. The molecule has 1 fully saturated rings. The van der Waals surface area contributed by atoms with E-state index in [2.05, 4.69) is 27.1 Å². The lowest BCUT2D eigenvalue weighted by Crippen LogP contribution is -2.30. The molecule has 1 aliphatic carbocycles. The molecule has 1 aromatic carbocycles. The van der Waals surface area contributed by atoms with E-state index in [1.165, 1.54) is 0 Å². The number of aromatic nitrogens is 4. The normalized spacial score (nSPS) is 23.5. The predicted molar refractivity (Wildman–Crippen MR) is 118 cm³/mol. The highest BCUT2D eigenvalue weighted by Gasteiger charge is 2.44. The number of H-pyrrole nitrogens is 1. The van der Waals surface area contributed by atoms with E-state index in [9.17, 15) is 9.59 Å². The number of nitrogens with one attached hydrogen (secondary N) is 1. The second kappa shape index (κ2) is 6.04. The summed E-state index contributed by atoms with van der Waals surface area (Å²) in [4.78, 5) is 40.0. The van der Waals surface area contributed by atoms with Gasteiger partial charge < -0.3 is 9.72 Å². The monoisotopic (exact) mass is 427 g/mol. The van der Waals surface area contributed by atoms with E-state index in [0.29, 0.717) is 16.6 Å². The van der Waals surface area contributed by atoms with Crippen molar-refractivity contribution in [3.8, 4) is 0 Å². The van der Waals surface area contributed by atoms with E-state index in [-0.39, 0.29) is 29.5 Å². The summed E-state index contributed by atoms with van der Waals surface area (Å²) in [5.74, 6) is 1.82. The number of benzene rings is 1. The maximum Gasteiger partial charge on any atom is 0.274 e. The standard InChI is InChI=1S/C24H21N5O3/c1-11-3-12-6-18-15-8-19-17(7-16(15)24(31)29(18)22(12)25-9-11)27-23(30)20-10-26-21(28(19)20)13-4-14(5-13)32-2/h3,7-10,13-14,18H,4-6H2,1-2H3,(H,27,30). The Bertz CT molecular complexity index is 1530. The lowest BCUT2D eigenvalue weighted by atomic mass is 9.81. The average molecular weight is 427 g/mol. The van der Waals surface area contributed by atoms with Gasteiger partial charge in [0.15, 0.2) is 0 Å². The van der Waals surface area contributed by atoms with E-state index in [1.54, 1.807) is 24.4 Å². The van der Waals surface area contributed by atoms with Gasteiger partial charge in [0.2, 0.25) is 0 Å². The first kappa shape index (κ1) is 18.1. The van der Waals surface area contributed by atoms with Crippen LogP contribution < -0.4 is 10.5 Å². The van der Waals surface area contributed by atoms with Gasteiger partial charge in [-0.25, -0.2) is 9.97 Å². The van der Waals surface area contributed by atoms with Crippen molar-refractivity contribution >= 4 is 28.3 Å². The zero-order valence-corrected chi connectivity index (χ0v) is 17.8. The zero-order chi connectivity index (χ0) is 21.7. The summed E-state index contributed by atoms with van der Waals surface area (Å²) in [6.45, 7) is 2.02. The number of rotatable bonds is 2. The fourth-order valence-electron chi connectivity index (χ4n) is 5.63. The first-order valence-electron chi connectivity index (χ1n) is 10.9. The first-order chi connectivity index (χ1) is 15.5. The van der Waals surface area contributed by atoms with Gasteiger partial charge in [-0.1, -0.05) is 6.07 Å². The summed E-state index contributed by atoms with van der Waals surface area (Å²) >= 11 is 0. The molecule has 1 N–H and O–H groups in total. The van der Waals surface area contributed by atoms with E-state index in [4.69, 9.17) is 4.74 Å². The van der Waals surface area contributed by atoms with Gasteiger partial charge in [-0.15, -0.1) is 0 Å². The molecule has 1 saturated carbocycles. The fourth-order valence-corrected chi connectivity index (χ4v) is 5.63. The van der Waals surface area contributed by atoms with E-state index < -0.39 is 0 Å². The molecular formula is C24H21N5O3. The van der Waals surface area contributed by atoms with Gasteiger partial charge in [-0.05, 0) is 48.6 Å². The largest absolute Gasteiger partial charge is 0.381 e. The Morgan fingerprint density at radius 3 is 2.75 bits per heavy atom. The molecule has 1 atom stereocenters. The summed E-state index contributed by atoms with van der Waals surface area (Å²) in [7, 11) is 1.73. The Morgan fingerprint density at radius 1 is 1.09 bits per heavy atom. The number of hydrogen-bond acceptors (Lipinski definition) is 5. The number of hydrogen-bond donors (Lipinski definition) is 1. The van der Waals surface area contributed by atoms with Gasteiger partial charge in [0.05, 0.1) is 29.4 Å². The quantitative estimate of drug-likeness (QED) is 0.531. The number of carbonyl (C=O) groups is 1. The maximum atomic E-state index is 13.3. The van der Waals surface area contributed by atoms with Crippen molar-refractivity contribution in [3.05, 3.63) is 69.0 Å². The number of aromatic amines is 1. The number of ether oxygens (including phenoxy) is 1. The van der Waals surface area contributed by atoms with Crippen molar-refractivity contribution in [1.82, 2.24) is 19.4 Å². The van der Waals surface area contributed by atoms with Crippen LogP contribution in [0, 0.1) is 6.92 Å². The van der Waals surface area contributed by atoms with Crippen LogP contribution in [-0.4, -0.2) is 38.5 Å². The van der Waals surface area contributed by atoms with Crippen molar-refractivity contribution in [3.63, 3.8) is 0 Å². The number of amides is 1. The molecule has 7 rings (SSSR count). The first-order valence-corrected chi connectivity index (χ1v) is 10.9. The molecule has 3 aliphatic rings. The van der Waals surface area contributed by atoms with Crippen LogP contribution in [0.1, 0.15) is 57.7 Å². The number of nitrogens with zero attached hydrogens (tertiary/aromatic N) is 4. The number of methoxy groups -OCH3 is 1. The highest BCUT2D eigenvalue weighted by atomic mass is 16.5. The van der Waals surface area contributed by atoms with Gasteiger partial charge in [0.1, 0.15) is 17.2 Å². The third-order valence-corrected chi connectivity index (χ3v) is 7.31. The average Bonchev–Trinajstić information content (AvgIpc) is 3.40. The Morgan fingerprint density at radius 2 is 1.94 bits per heavy atom. The molecule has 3 aromatic heterocycles. The third kappa shape index (κ3) is 2.20. The predicted octanol–water partition coefficient (Wildman–Crippen LogP) is 3.03. The van der Waals surface area contributed by atoms with E-state index in [0.717, 1.165) is 53.1 Å². The number of fused-ring (bicyclic) bond motifs is 8. The Kier molecular flexibility index (Phi) is 3.41. The van der Waals surface area contributed by atoms with Gasteiger partial charge >= 0.3 is 0 Å². The zero-order valence-electron chi connectivity index (χ0n) is 17.8. The molecule has 0 radical (unpaired) electrons. The van der Waals surface area contributed by atoms with Gasteiger partial charge in [0.25, 0.3) is 11.5 Å². The number of imidazole rings is 1. The van der Waals surface area contributed by atoms with Crippen LogP contribution in [0.3, 0.4) is 0 Å². The smallest absolute Gasteiger partial charge is 0.274 e. The summed E-state index contributed by atoms with van der Waals surface area (Å²) in [6, 6.07) is 5.93. The molecule has 0 spiro atoms. The number of aryl methyl sites for hydroxylation is 1. The molecule has 5 heterocycles. The van der Waals surface area contributed by atoms with Gasteiger partial charge in [-0.2, -0.15) is 0 Å². The molecule has 0 bridgehead atoms. The molecule has 8 nitrogen and oxygen atoms in total. The fraction of sp³-hybridized carbons (Fsp3) is 0.333. The Hall–Kier alpha value is -3.52. The van der Waals surface area contributed by atoms with Crippen LogP contribution in [0.25, 0.3) is 16.6 Å². The van der Waals surface area contributed by atoms with Crippen LogP contribution in [0.5, 0.6) is 0 Å². The van der Waals surface area contributed by atoms with E-state index in [1.807, 2.05) is 17.4 Å². The number of pyridine rings is 1. The topological polar surface area (TPSA) is 92.6 Å². The van der Waals surface area contributed by atoms with Crippen molar-refractivity contribution < 1.29 is 9.53 Å². The van der Waals surface area contributed by atoms with Gasteiger partial charge in [0, 0.05) is 31.2 Å². The highest BCUT2D eigenvalue weighted by molar-refractivity contribution is 6.13. The summed E-state index contributed by atoms with van der Waals surface area (Å²) in [5, 5.41) is 0. The molecule has 8 heteroatoms. The summed E-state index contributed by atoms with van der Waals surface area (Å²) < 4.78 is 7.42. The van der Waals surface area contributed by atoms with Crippen molar-refractivity contribution in [2.75, 3.05) is 12.0 Å². The van der Waals surface area contributed by atoms with Crippen molar-refractivity contribution in [2.45, 2.75) is 44.2 Å². The lowest BCUT2D eigenvalue weighted by molar-refractivity contribution is 0.0236. The minimum atomic E-state index is -0.202. The van der Waals surface area contributed by atoms with E-state index >= 15 is 0 Å². The molecule has 1 amide bonds. The number of carbonyl (C=O) groups excluding carboxylic acids is 1. The third-order valence-electron chi connectivity index (χ3n) is 7.31. The molecule has 160 valence electrons. The van der Waals surface area contributed by atoms with Crippen LogP contribution in [0.4, 0.5) is 5.82 Å². The van der Waals surface area contributed by atoms with Crippen LogP contribution >= 0.6 is 0 Å².